The summed E-state index contributed by atoms with van der Waals surface area (Å²) in [5, 5.41) is 8.05. The van der Waals surface area contributed by atoms with Crippen LogP contribution in [0.25, 0.3) is 22.5 Å². The number of hydrogen-bond acceptors (Lipinski definition) is 10. The van der Waals surface area contributed by atoms with Crippen molar-refractivity contribution in [3.63, 3.8) is 0 Å². The molecular formula is C27H20F6N4O6S2. The van der Waals surface area contributed by atoms with E-state index in [9.17, 15) is 44.3 Å². The first-order valence-corrected chi connectivity index (χ1v) is 15.2. The predicted octanol–water partition coefficient (Wildman–Crippen LogP) is 5.94. The number of carboxylic acids is 1. The van der Waals surface area contributed by atoms with Crippen LogP contribution in [0.2, 0.25) is 0 Å². The van der Waals surface area contributed by atoms with E-state index in [1.165, 1.54) is 43.5 Å². The van der Waals surface area contributed by atoms with E-state index in [1.807, 2.05) is 0 Å². The van der Waals surface area contributed by atoms with Gasteiger partial charge in [-0.2, -0.15) is 26.3 Å². The third kappa shape index (κ3) is 8.75. The number of halogens is 6. The Morgan fingerprint density at radius 2 is 1.24 bits per heavy atom. The second kappa shape index (κ2) is 13.6. The normalized spacial score (nSPS) is 11.8. The number of nitrogens with zero attached hydrogens (tertiary/aromatic N) is 4. The van der Waals surface area contributed by atoms with Crippen LogP contribution in [0.4, 0.5) is 26.3 Å². The molecule has 0 aliphatic carbocycles. The van der Waals surface area contributed by atoms with Crippen LogP contribution in [-0.4, -0.2) is 65.0 Å². The van der Waals surface area contributed by atoms with E-state index < -0.39 is 56.4 Å². The summed E-state index contributed by atoms with van der Waals surface area (Å²) in [4.78, 5) is 37.0. The van der Waals surface area contributed by atoms with Gasteiger partial charge in [-0.1, -0.05) is 48.2 Å². The van der Waals surface area contributed by atoms with Crippen LogP contribution in [0.3, 0.4) is 0 Å². The van der Waals surface area contributed by atoms with E-state index in [1.54, 1.807) is 18.4 Å². The molecule has 1 N–H and O–H groups in total. The Labute approximate surface area is 255 Å². The van der Waals surface area contributed by atoms with Crippen LogP contribution in [0, 0.1) is 0 Å². The van der Waals surface area contributed by atoms with Gasteiger partial charge in [0, 0.05) is 17.4 Å². The third-order valence-electron chi connectivity index (χ3n) is 5.55. The first kappa shape index (κ1) is 34.9. The highest BCUT2D eigenvalue weighted by Gasteiger charge is 2.36. The smallest absolute Gasteiger partial charge is 0.433 e. The van der Waals surface area contributed by atoms with Gasteiger partial charge < -0.3 is 9.84 Å². The molecule has 4 aromatic rings. The van der Waals surface area contributed by atoms with Gasteiger partial charge in [-0.15, -0.1) is 0 Å². The molecule has 0 saturated carbocycles. The molecule has 2 heterocycles. The average Bonchev–Trinajstić information content (AvgIpc) is 2.99. The van der Waals surface area contributed by atoms with Gasteiger partial charge in [0.15, 0.2) is 5.16 Å². The van der Waals surface area contributed by atoms with Crippen LogP contribution in [0.1, 0.15) is 32.1 Å². The molecule has 45 heavy (non-hydrogen) atoms. The van der Waals surface area contributed by atoms with E-state index in [4.69, 9.17) is 5.11 Å². The van der Waals surface area contributed by atoms with E-state index in [0.29, 0.717) is 12.3 Å². The molecule has 10 nitrogen and oxygen atoms in total. The number of carbonyl (C=O) groups is 2. The van der Waals surface area contributed by atoms with Crippen LogP contribution in [-0.2, 0) is 26.9 Å². The van der Waals surface area contributed by atoms with E-state index >= 15 is 0 Å². The monoisotopic (exact) mass is 674 g/mol. The Kier molecular flexibility index (Phi) is 10.5. The molecule has 0 amide bonds. The van der Waals surface area contributed by atoms with Crippen molar-refractivity contribution in [2.45, 2.75) is 22.7 Å². The Morgan fingerprint density at radius 3 is 1.71 bits per heavy atom. The van der Waals surface area contributed by atoms with Gasteiger partial charge in [0.1, 0.15) is 11.4 Å². The van der Waals surface area contributed by atoms with Gasteiger partial charge in [-0.25, -0.2) is 37.9 Å². The SMILES string of the molecule is COC(=O)c1ccccc1-c1cc(C(F)(F)F)nc(SC)n1.CS(=O)(=O)c1nc(-c2ccccc2C(=O)O)cc(C(F)(F)F)n1. The van der Waals surface area contributed by atoms with Gasteiger partial charge in [0.2, 0.25) is 15.0 Å². The Balaban J connectivity index is 0.000000246. The average molecular weight is 675 g/mol. The second-order valence-electron chi connectivity index (χ2n) is 8.70. The third-order valence-corrected chi connectivity index (χ3v) is 6.94. The van der Waals surface area contributed by atoms with Crippen LogP contribution < -0.4 is 0 Å². The van der Waals surface area contributed by atoms with Crippen molar-refractivity contribution < 1.29 is 54.2 Å². The number of rotatable bonds is 6. The van der Waals surface area contributed by atoms with E-state index in [-0.39, 0.29) is 33.1 Å². The van der Waals surface area contributed by atoms with Crippen molar-refractivity contribution in [3.8, 4) is 22.5 Å². The molecule has 0 aliphatic rings. The topological polar surface area (TPSA) is 149 Å². The molecule has 0 saturated heterocycles. The number of sulfone groups is 1. The minimum Gasteiger partial charge on any atom is -0.478 e. The molecule has 0 spiro atoms. The molecule has 4 rings (SSSR count). The number of aromatic carboxylic acids is 1. The van der Waals surface area contributed by atoms with Crippen molar-refractivity contribution in [2.24, 2.45) is 0 Å². The zero-order chi connectivity index (χ0) is 33.7. The minimum absolute atomic E-state index is 0.0210. The lowest BCUT2D eigenvalue weighted by atomic mass is 10.0. The summed E-state index contributed by atoms with van der Waals surface area (Å²) >= 11 is 0.990. The van der Waals surface area contributed by atoms with Gasteiger partial charge >= 0.3 is 24.3 Å². The highest BCUT2D eigenvalue weighted by molar-refractivity contribution is 7.98. The minimum atomic E-state index is -4.91. The van der Waals surface area contributed by atoms with Crippen molar-refractivity contribution >= 4 is 33.5 Å². The van der Waals surface area contributed by atoms with Gasteiger partial charge in [-0.3, -0.25) is 0 Å². The number of ether oxygens (including phenoxy) is 1. The Morgan fingerprint density at radius 1 is 0.778 bits per heavy atom. The van der Waals surface area contributed by atoms with Crippen molar-refractivity contribution in [2.75, 3.05) is 19.6 Å². The van der Waals surface area contributed by atoms with Crippen LogP contribution in [0.5, 0.6) is 0 Å². The van der Waals surface area contributed by atoms with Gasteiger partial charge in [-0.05, 0) is 30.5 Å². The molecule has 0 fully saturated rings. The number of aromatic nitrogens is 4. The van der Waals surface area contributed by atoms with Gasteiger partial charge in [0.25, 0.3) is 0 Å². The van der Waals surface area contributed by atoms with Gasteiger partial charge in [0.05, 0.1) is 29.6 Å². The zero-order valence-corrected chi connectivity index (χ0v) is 24.8. The Bertz CT molecular complexity index is 1850. The number of hydrogen-bond donors (Lipinski definition) is 1. The fraction of sp³-hybridized carbons (Fsp3) is 0.185. The first-order chi connectivity index (χ1) is 20.9. The van der Waals surface area contributed by atoms with Crippen LogP contribution >= 0.6 is 11.8 Å². The quantitative estimate of drug-likeness (QED) is 0.112. The summed E-state index contributed by atoms with van der Waals surface area (Å²) < 4.78 is 105. The molecule has 0 atom stereocenters. The summed E-state index contributed by atoms with van der Waals surface area (Å²) in [5.41, 5.74) is -2.99. The Hall–Kier alpha value is -4.58. The molecule has 0 unspecified atom stereocenters. The lowest BCUT2D eigenvalue weighted by Crippen LogP contribution is -2.14. The van der Waals surface area contributed by atoms with E-state index in [0.717, 1.165) is 17.8 Å². The highest BCUT2D eigenvalue weighted by atomic mass is 32.2. The standard InChI is InChI=1S/C14H11F3N2O2S.C13H9F3N2O4S/c1-21-12(20)9-6-4-3-5-8(9)10-7-11(14(15,16)17)19-13(18-10)22-2;1-23(21,22)12-17-9(6-10(18-12)13(14,15)16)7-4-2-3-5-8(7)11(19)20/h3-7H,1-2H3;2-6H,1H3,(H,19,20). The molecule has 2 aromatic carbocycles. The number of benzene rings is 2. The summed E-state index contributed by atoms with van der Waals surface area (Å²) in [6.45, 7) is 0. The number of carbonyl (C=O) groups excluding carboxylic acids is 1. The summed E-state index contributed by atoms with van der Waals surface area (Å²) in [6, 6.07) is 12.7. The molecule has 18 heteroatoms. The number of esters is 1. The van der Waals surface area contributed by atoms with Crippen molar-refractivity contribution in [1.29, 1.82) is 0 Å². The molecule has 0 radical (unpaired) electrons. The number of alkyl halides is 6. The second-order valence-corrected chi connectivity index (χ2v) is 11.4. The number of methoxy groups -OCH3 is 1. The zero-order valence-electron chi connectivity index (χ0n) is 23.1. The summed E-state index contributed by atoms with van der Waals surface area (Å²) in [5.74, 6) is -2.03. The van der Waals surface area contributed by atoms with Crippen molar-refractivity contribution in [1.82, 2.24) is 19.9 Å². The number of thioether (sulfide) groups is 1. The summed E-state index contributed by atoms with van der Waals surface area (Å²) in [7, 11) is -2.92. The predicted molar refractivity (Wildman–Crippen MR) is 148 cm³/mol. The summed E-state index contributed by atoms with van der Waals surface area (Å²) in [6.07, 6.45) is -7.27. The number of carboxylic acid groups (broad SMARTS) is 1. The fourth-order valence-corrected chi connectivity index (χ4v) is 4.47. The maximum Gasteiger partial charge on any atom is 0.433 e. The lowest BCUT2D eigenvalue weighted by molar-refractivity contribution is -0.142. The fourth-order valence-electron chi connectivity index (χ4n) is 3.56. The molecule has 0 bridgehead atoms. The molecule has 0 aliphatic heterocycles. The molecule has 2 aromatic heterocycles. The molecular weight excluding hydrogens is 654 g/mol. The highest BCUT2D eigenvalue weighted by Crippen LogP contribution is 2.34. The largest absolute Gasteiger partial charge is 0.478 e. The maximum atomic E-state index is 12.9. The molecule has 238 valence electrons. The van der Waals surface area contributed by atoms with Crippen LogP contribution in [0.15, 0.2) is 71.0 Å². The lowest BCUT2D eigenvalue weighted by Gasteiger charge is -2.11. The maximum absolute atomic E-state index is 12.9. The van der Waals surface area contributed by atoms with E-state index in [2.05, 4.69) is 24.7 Å². The first-order valence-electron chi connectivity index (χ1n) is 12.0. The van der Waals surface area contributed by atoms with Crippen molar-refractivity contribution in [3.05, 3.63) is 83.2 Å².